The molecule has 0 spiro atoms. The van der Waals surface area contributed by atoms with E-state index in [1.165, 1.54) is 11.8 Å². The van der Waals surface area contributed by atoms with Crippen LogP contribution < -0.4 is 24.8 Å². The molecule has 0 aliphatic heterocycles. The standard InChI is InChI=1S/C30H28N2O5S/c1-35-23-11-7-10-21(18-23)29(33)31-22-12-15-25(16-13-22)38-28(20-8-5-4-6-9-20)30(34)32-26-19-24(36-2)14-17-27(26)37-3/h4-19,28H,1-3H3,(H,31,33)(H,32,34). The van der Waals surface area contributed by atoms with Gasteiger partial charge in [0.2, 0.25) is 5.91 Å². The molecule has 4 aromatic carbocycles. The van der Waals surface area contributed by atoms with Crippen molar-refractivity contribution < 1.29 is 23.8 Å². The monoisotopic (exact) mass is 528 g/mol. The first kappa shape index (κ1) is 26.6. The SMILES string of the molecule is COc1cccc(C(=O)Nc2ccc(SC(C(=O)Nc3cc(OC)ccc3OC)c3ccccc3)cc2)c1. The van der Waals surface area contributed by atoms with Gasteiger partial charge in [0.15, 0.2) is 0 Å². The Hall–Kier alpha value is -4.43. The lowest BCUT2D eigenvalue weighted by Gasteiger charge is -2.19. The second-order valence-corrected chi connectivity index (χ2v) is 9.35. The van der Waals surface area contributed by atoms with Gasteiger partial charge in [0, 0.05) is 22.2 Å². The molecule has 0 heterocycles. The van der Waals surface area contributed by atoms with E-state index in [1.807, 2.05) is 54.6 Å². The maximum Gasteiger partial charge on any atom is 0.255 e. The molecule has 8 heteroatoms. The van der Waals surface area contributed by atoms with Crippen molar-refractivity contribution in [3.05, 3.63) is 108 Å². The Labute approximate surface area is 226 Å². The van der Waals surface area contributed by atoms with Gasteiger partial charge in [-0.1, -0.05) is 36.4 Å². The normalized spacial score (nSPS) is 11.2. The number of nitrogens with one attached hydrogen (secondary N) is 2. The van der Waals surface area contributed by atoms with Crippen LogP contribution in [0.1, 0.15) is 21.2 Å². The zero-order valence-electron chi connectivity index (χ0n) is 21.3. The smallest absolute Gasteiger partial charge is 0.255 e. The lowest BCUT2D eigenvalue weighted by Crippen LogP contribution is -2.19. The van der Waals surface area contributed by atoms with Gasteiger partial charge in [-0.3, -0.25) is 9.59 Å². The van der Waals surface area contributed by atoms with Crippen LogP contribution in [0.4, 0.5) is 11.4 Å². The molecular formula is C30H28N2O5S. The third-order valence-electron chi connectivity index (χ3n) is 5.70. The van der Waals surface area contributed by atoms with Gasteiger partial charge >= 0.3 is 0 Å². The van der Waals surface area contributed by atoms with Crippen LogP contribution in [0.2, 0.25) is 0 Å². The molecule has 0 saturated carbocycles. The minimum absolute atomic E-state index is 0.205. The highest BCUT2D eigenvalue weighted by Crippen LogP contribution is 2.38. The van der Waals surface area contributed by atoms with Gasteiger partial charge in [0.1, 0.15) is 22.5 Å². The van der Waals surface area contributed by atoms with E-state index in [2.05, 4.69) is 10.6 Å². The van der Waals surface area contributed by atoms with Gasteiger partial charge in [-0.25, -0.2) is 0 Å². The Morgan fingerprint density at radius 1 is 0.711 bits per heavy atom. The molecule has 1 atom stereocenters. The molecular weight excluding hydrogens is 500 g/mol. The number of methoxy groups -OCH3 is 3. The van der Waals surface area contributed by atoms with Crippen molar-refractivity contribution in [1.82, 2.24) is 0 Å². The molecule has 194 valence electrons. The topological polar surface area (TPSA) is 85.9 Å². The predicted molar refractivity (Wildman–Crippen MR) is 151 cm³/mol. The van der Waals surface area contributed by atoms with Gasteiger partial charge in [-0.15, -0.1) is 11.8 Å². The van der Waals surface area contributed by atoms with E-state index in [4.69, 9.17) is 14.2 Å². The summed E-state index contributed by atoms with van der Waals surface area (Å²) in [6.07, 6.45) is 0. The summed E-state index contributed by atoms with van der Waals surface area (Å²) in [6.45, 7) is 0. The summed E-state index contributed by atoms with van der Waals surface area (Å²) >= 11 is 1.41. The zero-order valence-corrected chi connectivity index (χ0v) is 22.1. The quantitative estimate of drug-likeness (QED) is 0.231. The van der Waals surface area contributed by atoms with Crippen LogP contribution in [-0.2, 0) is 4.79 Å². The molecule has 4 rings (SSSR count). The summed E-state index contributed by atoms with van der Waals surface area (Å²) in [5.41, 5.74) is 2.52. The summed E-state index contributed by atoms with van der Waals surface area (Å²) in [5, 5.41) is 5.34. The number of thioether (sulfide) groups is 1. The van der Waals surface area contributed by atoms with Crippen LogP contribution in [0, 0.1) is 0 Å². The summed E-state index contributed by atoms with van der Waals surface area (Å²) in [4.78, 5) is 27.0. The molecule has 0 aliphatic rings. The van der Waals surface area contributed by atoms with Crippen molar-refractivity contribution >= 4 is 35.0 Å². The van der Waals surface area contributed by atoms with Crippen molar-refractivity contribution in [2.45, 2.75) is 10.1 Å². The van der Waals surface area contributed by atoms with Crippen molar-refractivity contribution in [2.75, 3.05) is 32.0 Å². The maximum absolute atomic E-state index is 13.5. The molecule has 4 aromatic rings. The number of hydrogen-bond acceptors (Lipinski definition) is 6. The average Bonchev–Trinajstić information content (AvgIpc) is 2.97. The van der Waals surface area contributed by atoms with E-state index >= 15 is 0 Å². The van der Waals surface area contributed by atoms with Crippen molar-refractivity contribution in [2.24, 2.45) is 0 Å². The van der Waals surface area contributed by atoms with Gasteiger partial charge in [-0.05, 0) is 60.2 Å². The maximum atomic E-state index is 13.5. The van der Waals surface area contributed by atoms with Crippen molar-refractivity contribution in [1.29, 1.82) is 0 Å². The number of carbonyl (C=O) groups excluding carboxylic acids is 2. The lowest BCUT2D eigenvalue weighted by atomic mass is 10.1. The molecule has 0 bridgehead atoms. The summed E-state index contributed by atoms with van der Waals surface area (Å²) in [6, 6.07) is 29.1. The molecule has 7 nitrogen and oxygen atoms in total. The number of rotatable bonds is 10. The van der Waals surface area contributed by atoms with Crippen LogP contribution in [0.3, 0.4) is 0 Å². The fourth-order valence-electron chi connectivity index (χ4n) is 3.73. The Bertz CT molecular complexity index is 1390. The first-order valence-electron chi connectivity index (χ1n) is 11.8. The van der Waals surface area contributed by atoms with Crippen LogP contribution in [-0.4, -0.2) is 33.1 Å². The number of anilines is 2. The van der Waals surface area contributed by atoms with Crippen molar-refractivity contribution in [3.63, 3.8) is 0 Å². The number of amides is 2. The largest absolute Gasteiger partial charge is 0.497 e. The number of hydrogen-bond donors (Lipinski definition) is 2. The highest BCUT2D eigenvalue weighted by Gasteiger charge is 2.23. The molecule has 2 amide bonds. The Kier molecular flexibility index (Phi) is 8.89. The first-order chi connectivity index (χ1) is 18.5. The highest BCUT2D eigenvalue weighted by atomic mass is 32.2. The van der Waals surface area contributed by atoms with E-state index in [0.29, 0.717) is 34.2 Å². The minimum Gasteiger partial charge on any atom is -0.497 e. The van der Waals surface area contributed by atoms with Crippen LogP contribution in [0.25, 0.3) is 0 Å². The number of carbonyl (C=O) groups is 2. The molecule has 0 saturated heterocycles. The fourth-order valence-corrected chi connectivity index (χ4v) is 4.76. The molecule has 0 fully saturated rings. The van der Waals surface area contributed by atoms with Crippen molar-refractivity contribution in [3.8, 4) is 17.2 Å². The third-order valence-corrected chi connectivity index (χ3v) is 6.97. The Balaban J connectivity index is 1.51. The summed E-state index contributed by atoms with van der Waals surface area (Å²) < 4.78 is 15.9. The number of ether oxygens (including phenoxy) is 3. The fraction of sp³-hybridized carbons (Fsp3) is 0.133. The third kappa shape index (κ3) is 6.66. The van der Waals surface area contributed by atoms with E-state index < -0.39 is 5.25 Å². The Morgan fingerprint density at radius 3 is 2.11 bits per heavy atom. The van der Waals surface area contributed by atoms with E-state index in [1.54, 1.807) is 63.8 Å². The molecule has 0 aliphatic carbocycles. The Morgan fingerprint density at radius 2 is 1.42 bits per heavy atom. The van der Waals surface area contributed by atoms with Gasteiger partial charge in [0.05, 0.1) is 27.0 Å². The second-order valence-electron chi connectivity index (χ2n) is 8.17. The number of benzene rings is 4. The molecule has 0 radical (unpaired) electrons. The van der Waals surface area contributed by atoms with E-state index in [0.717, 1.165) is 10.5 Å². The molecule has 0 aromatic heterocycles. The van der Waals surface area contributed by atoms with Crippen LogP contribution in [0.5, 0.6) is 17.2 Å². The van der Waals surface area contributed by atoms with Crippen LogP contribution >= 0.6 is 11.8 Å². The van der Waals surface area contributed by atoms with Gasteiger partial charge < -0.3 is 24.8 Å². The summed E-state index contributed by atoms with van der Waals surface area (Å²) in [5.74, 6) is 1.31. The average molecular weight is 529 g/mol. The van der Waals surface area contributed by atoms with Gasteiger partial charge in [0.25, 0.3) is 5.91 Å². The molecule has 38 heavy (non-hydrogen) atoms. The highest BCUT2D eigenvalue weighted by molar-refractivity contribution is 8.00. The lowest BCUT2D eigenvalue weighted by molar-refractivity contribution is -0.115. The first-order valence-corrected chi connectivity index (χ1v) is 12.7. The predicted octanol–water partition coefficient (Wildman–Crippen LogP) is 6.44. The van der Waals surface area contributed by atoms with Crippen LogP contribution in [0.15, 0.2) is 102 Å². The second kappa shape index (κ2) is 12.7. The zero-order chi connectivity index (χ0) is 26.9. The minimum atomic E-state index is -0.538. The van der Waals surface area contributed by atoms with E-state index in [-0.39, 0.29) is 11.8 Å². The molecule has 1 unspecified atom stereocenters. The molecule has 2 N–H and O–H groups in total. The van der Waals surface area contributed by atoms with Gasteiger partial charge in [-0.2, -0.15) is 0 Å². The summed E-state index contributed by atoms with van der Waals surface area (Å²) in [7, 11) is 4.68. The van der Waals surface area contributed by atoms with E-state index in [9.17, 15) is 9.59 Å².